The van der Waals surface area contributed by atoms with Gasteiger partial charge in [-0.2, -0.15) is 5.10 Å². The van der Waals surface area contributed by atoms with E-state index in [0.29, 0.717) is 18.1 Å². The van der Waals surface area contributed by atoms with Gasteiger partial charge >= 0.3 is 0 Å². The van der Waals surface area contributed by atoms with Crippen molar-refractivity contribution in [3.63, 3.8) is 0 Å². The van der Waals surface area contributed by atoms with Crippen LogP contribution in [0.25, 0.3) is 0 Å². The first kappa shape index (κ1) is 15.4. The van der Waals surface area contributed by atoms with Gasteiger partial charge in [0, 0.05) is 12.6 Å². The van der Waals surface area contributed by atoms with Crippen molar-refractivity contribution in [3.8, 4) is 11.5 Å². The number of methoxy groups -OCH3 is 1. The molecule has 23 heavy (non-hydrogen) atoms. The van der Waals surface area contributed by atoms with Crippen molar-refractivity contribution in [3.05, 3.63) is 35.5 Å². The van der Waals surface area contributed by atoms with Crippen LogP contribution in [-0.2, 0) is 24.7 Å². The van der Waals surface area contributed by atoms with E-state index in [2.05, 4.69) is 10.4 Å². The second-order valence-corrected chi connectivity index (χ2v) is 5.55. The van der Waals surface area contributed by atoms with Gasteiger partial charge in [0.05, 0.1) is 25.8 Å². The Balaban J connectivity index is 1.54. The summed E-state index contributed by atoms with van der Waals surface area (Å²) in [5.41, 5.74) is 2.28. The Labute approximate surface area is 135 Å². The van der Waals surface area contributed by atoms with Gasteiger partial charge in [-0.05, 0) is 31.4 Å². The summed E-state index contributed by atoms with van der Waals surface area (Å²) in [6.45, 7) is 0.298. The predicted octanol–water partition coefficient (Wildman–Crippen LogP) is 2.33. The Morgan fingerprint density at radius 2 is 2.09 bits per heavy atom. The third-order valence-corrected chi connectivity index (χ3v) is 3.98. The van der Waals surface area contributed by atoms with Crippen LogP contribution in [0.3, 0.4) is 0 Å². The molecule has 1 heterocycles. The summed E-state index contributed by atoms with van der Waals surface area (Å²) < 4.78 is 12.6. The molecular formula is C17H21N3O3. The molecule has 0 bridgehead atoms. The zero-order valence-electron chi connectivity index (χ0n) is 13.5. The third kappa shape index (κ3) is 3.31. The van der Waals surface area contributed by atoms with Crippen LogP contribution < -0.4 is 14.8 Å². The maximum absolute atomic E-state index is 12.1. The number of fused-ring (bicyclic) bond motifs is 1. The topological polar surface area (TPSA) is 65.4 Å². The van der Waals surface area contributed by atoms with Gasteiger partial charge in [0.2, 0.25) is 5.91 Å². The molecule has 2 aromatic rings. The number of rotatable bonds is 6. The molecule has 0 aliphatic heterocycles. The number of carbonyl (C=O) groups is 1. The maximum Gasteiger partial charge on any atom is 0.228 e. The lowest BCUT2D eigenvalue weighted by Gasteiger charge is -2.11. The first-order valence-corrected chi connectivity index (χ1v) is 7.79. The van der Waals surface area contributed by atoms with E-state index in [4.69, 9.17) is 9.47 Å². The Kier molecular flexibility index (Phi) is 4.50. The van der Waals surface area contributed by atoms with E-state index in [1.54, 1.807) is 11.8 Å². The number of nitrogens with one attached hydrogen (secondary N) is 1. The van der Waals surface area contributed by atoms with Gasteiger partial charge < -0.3 is 14.8 Å². The predicted molar refractivity (Wildman–Crippen MR) is 87.0 cm³/mol. The Hall–Kier alpha value is -2.50. The summed E-state index contributed by atoms with van der Waals surface area (Å²) in [7, 11) is 3.46. The molecule has 6 nitrogen and oxygen atoms in total. The molecular weight excluding hydrogens is 294 g/mol. The smallest absolute Gasteiger partial charge is 0.228 e. The summed E-state index contributed by atoms with van der Waals surface area (Å²) in [6.07, 6.45) is 3.36. The highest BCUT2D eigenvalue weighted by molar-refractivity contribution is 5.90. The number of para-hydroxylation sites is 2. The lowest BCUT2D eigenvalue weighted by atomic mass is 10.2. The Bertz CT molecular complexity index is 709. The number of benzene rings is 1. The van der Waals surface area contributed by atoms with Gasteiger partial charge in [-0.25, -0.2) is 0 Å². The van der Waals surface area contributed by atoms with Gasteiger partial charge in [-0.1, -0.05) is 12.1 Å². The standard InChI is InChI=1S/C17H21N3O3/c1-20-17(12-6-5-7-13(12)19-20)18-16(21)10-11-23-15-9-4-3-8-14(15)22-2/h3-4,8-9H,5-7,10-11H2,1-2H3,(H,18,21). The van der Waals surface area contributed by atoms with E-state index in [0.717, 1.165) is 30.8 Å². The van der Waals surface area contributed by atoms with Crippen molar-refractivity contribution in [2.45, 2.75) is 25.7 Å². The van der Waals surface area contributed by atoms with E-state index < -0.39 is 0 Å². The molecule has 1 amide bonds. The molecule has 3 rings (SSSR count). The summed E-state index contributed by atoms with van der Waals surface area (Å²) in [6, 6.07) is 7.40. The number of anilines is 1. The summed E-state index contributed by atoms with van der Waals surface area (Å²) in [5, 5.41) is 7.40. The fourth-order valence-corrected chi connectivity index (χ4v) is 2.86. The minimum atomic E-state index is -0.0717. The molecule has 0 saturated carbocycles. The lowest BCUT2D eigenvalue weighted by Crippen LogP contribution is -2.18. The van der Waals surface area contributed by atoms with Crippen molar-refractivity contribution < 1.29 is 14.3 Å². The van der Waals surface area contributed by atoms with Crippen LogP contribution in [0.1, 0.15) is 24.1 Å². The van der Waals surface area contributed by atoms with Crippen LogP contribution in [0.2, 0.25) is 0 Å². The fourth-order valence-electron chi connectivity index (χ4n) is 2.86. The summed E-state index contributed by atoms with van der Waals surface area (Å²) in [4.78, 5) is 12.1. The van der Waals surface area contributed by atoms with E-state index in [-0.39, 0.29) is 12.3 Å². The van der Waals surface area contributed by atoms with Crippen LogP contribution in [0, 0.1) is 0 Å². The number of aromatic nitrogens is 2. The molecule has 0 radical (unpaired) electrons. The highest BCUT2D eigenvalue weighted by Crippen LogP contribution is 2.28. The quantitative estimate of drug-likeness (QED) is 0.888. The Morgan fingerprint density at radius 3 is 2.87 bits per heavy atom. The molecule has 0 unspecified atom stereocenters. The maximum atomic E-state index is 12.1. The minimum Gasteiger partial charge on any atom is -0.493 e. The highest BCUT2D eigenvalue weighted by Gasteiger charge is 2.21. The molecule has 0 atom stereocenters. The molecule has 1 aromatic heterocycles. The summed E-state index contributed by atoms with van der Waals surface area (Å²) in [5.74, 6) is 2.05. The minimum absolute atomic E-state index is 0.0717. The number of nitrogens with zero attached hydrogens (tertiary/aromatic N) is 2. The average Bonchev–Trinajstić information content (AvgIpc) is 3.11. The van der Waals surface area contributed by atoms with Crippen LogP contribution in [0.5, 0.6) is 11.5 Å². The van der Waals surface area contributed by atoms with Crippen LogP contribution in [-0.4, -0.2) is 29.4 Å². The average molecular weight is 315 g/mol. The van der Waals surface area contributed by atoms with E-state index in [1.807, 2.05) is 31.3 Å². The van der Waals surface area contributed by atoms with Crippen LogP contribution in [0.4, 0.5) is 5.82 Å². The number of ether oxygens (including phenoxy) is 2. The number of hydrogen-bond donors (Lipinski definition) is 1. The number of aryl methyl sites for hydroxylation is 2. The first-order valence-electron chi connectivity index (χ1n) is 7.79. The molecule has 0 spiro atoms. The van der Waals surface area contributed by atoms with E-state index in [1.165, 1.54) is 5.56 Å². The lowest BCUT2D eigenvalue weighted by molar-refractivity contribution is -0.116. The number of carbonyl (C=O) groups excluding carboxylic acids is 1. The van der Waals surface area contributed by atoms with E-state index in [9.17, 15) is 4.79 Å². The monoisotopic (exact) mass is 315 g/mol. The van der Waals surface area contributed by atoms with Crippen molar-refractivity contribution in [2.75, 3.05) is 19.0 Å². The third-order valence-electron chi connectivity index (χ3n) is 3.98. The van der Waals surface area contributed by atoms with Crippen LogP contribution >= 0.6 is 0 Å². The zero-order chi connectivity index (χ0) is 16.2. The van der Waals surface area contributed by atoms with Gasteiger partial charge in [0.1, 0.15) is 5.82 Å². The second kappa shape index (κ2) is 6.73. The first-order chi connectivity index (χ1) is 11.2. The van der Waals surface area contributed by atoms with Gasteiger partial charge in [0.25, 0.3) is 0 Å². The number of amides is 1. The molecule has 1 aliphatic carbocycles. The molecule has 1 N–H and O–H groups in total. The van der Waals surface area contributed by atoms with Crippen molar-refractivity contribution >= 4 is 11.7 Å². The normalized spacial score (nSPS) is 12.8. The second-order valence-electron chi connectivity index (χ2n) is 5.55. The van der Waals surface area contributed by atoms with Gasteiger partial charge in [0.15, 0.2) is 11.5 Å². The van der Waals surface area contributed by atoms with Crippen LogP contribution in [0.15, 0.2) is 24.3 Å². The van der Waals surface area contributed by atoms with Crippen molar-refractivity contribution in [1.82, 2.24) is 9.78 Å². The molecule has 0 saturated heterocycles. The SMILES string of the molecule is COc1ccccc1OCCC(=O)Nc1c2c(nn1C)CCC2. The summed E-state index contributed by atoms with van der Waals surface area (Å²) >= 11 is 0. The van der Waals surface area contributed by atoms with Gasteiger partial charge in [-0.15, -0.1) is 0 Å². The highest BCUT2D eigenvalue weighted by atomic mass is 16.5. The fraction of sp³-hybridized carbons (Fsp3) is 0.412. The molecule has 0 fully saturated rings. The molecule has 1 aliphatic rings. The Morgan fingerprint density at radius 1 is 1.30 bits per heavy atom. The molecule has 1 aromatic carbocycles. The largest absolute Gasteiger partial charge is 0.493 e. The molecule has 122 valence electrons. The van der Waals surface area contributed by atoms with Gasteiger partial charge in [-0.3, -0.25) is 9.48 Å². The zero-order valence-corrected chi connectivity index (χ0v) is 13.5. The van der Waals surface area contributed by atoms with Crippen molar-refractivity contribution in [1.29, 1.82) is 0 Å². The number of hydrogen-bond acceptors (Lipinski definition) is 4. The van der Waals surface area contributed by atoms with E-state index >= 15 is 0 Å². The molecule has 6 heteroatoms. The van der Waals surface area contributed by atoms with Crippen molar-refractivity contribution in [2.24, 2.45) is 7.05 Å².